The number of morpholine rings is 1. The number of hydrogen-bond acceptors (Lipinski definition) is 4. The van der Waals surface area contributed by atoms with Crippen molar-refractivity contribution in [2.75, 3.05) is 19.7 Å². The smallest absolute Gasteiger partial charge is 0.345 e. The van der Waals surface area contributed by atoms with Gasteiger partial charge in [0.05, 0.1) is 13.2 Å². The molecule has 0 spiro atoms. The number of aromatic amines is 1. The number of ether oxygens (including phenoxy) is 1. The van der Waals surface area contributed by atoms with E-state index < -0.39 is 5.69 Å². The molecule has 2 aromatic rings. The molecular weight excluding hydrogens is 337 g/mol. The van der Waals surface area contributed by atoms with Gasteiger partial charge in [-0.15, -0.1) is 0 Å². The van der Waals surface area contributed by atoms with Crippen molar-refractivity contribution in [2.24, 2.45) is 5.92 Å². The summed E-state index contributed by atoms with van der Waals surface area (Å²) >= 11 is 0. The number of carbonyl (C=O) groups excluding carboxylic acids is 1. The predicted octanol–water partition coefficient (Wildman–Crippen LogP) is 2.32. The number of nitrogens with zero attached hydrogens (tertiary/aromatic N) is 2. The van der Waals surface area contributed by atoms with Gasteiger partial charge >= 0.3 is 5.69 Å². The van der Waals surface area contributed by atoms with Gasteiger partial charge in [-0.1, -0.05) is 26.0 Å². The molecule has 26 heavy (non-hydrogen) atoms. The Labute approximate surface area is 151 Å². The molecule has 1 aromatic heterocycles. The molecule has 2 heterocycles. The minimum absolute atomic E-state index is 0.143. The number of nitrogens with one attached hydrogen (secondary N) is 1. The van der Waals surface area contributed by atoms with Crippen molar-refractivity contribution < 1.29 is 13.9 Å². The number of carbonyl (C=O) groups is 1. The largest absolute Gasteiger partial charge is 0.370 e. The van der Waals surface area contributed by atoms with Gasteiger partial charge in [0.2, 0.25) is 0 Å². The summed E-state index contributed by atoms with van der Waals surface area (Å²) in [5.74, 6) is -0.262. The van der Waals surface area contributed by atoms with E-state index in [0.717, 1.165) is 5.56 Å². The Balaban J connectivity index is 1.78. The number of aromatic nitrogens is 2. The van der Waals surface area contributed by atoms with E-state index in [0.29, 0.717) is 37.7 Å². The Morgan fingerprint density at radius 1 is 1.38 bits per heavy atom. The van der Waals surface area contributed by atoms with Crippen LogP contribution < -0.4 is 5.69 Å². The summed E-state index contributed by atoms with van der Waals surface area (Å²) in [6.45, 7) is 5.20. The van der Waals surface area contributed by atoms with Crippen molar-refractivity contribution in [1.29, 1.82) is 0 Å². The molecule has 0 saturated carbocycles. The minimum Gasteiger partial charge on any atom is -0.370 e. The number of halogens is 1. The molecule has 1 unspecified atom stereocenters. The van der Waals surface area contributed by atoms with Crippen LogP contribution in [0.2, 0.25) is 0 Å². The molecule has 0 aliphatic carbocycles. The molecule has 7 heteroatoms. The van der Waals surface area contributed by atoms with Crippen LogP contribution in [-0.2, 0) is 11.2 Å². The maximum absolute atomic E-state index is 13.1. The van der Waals surface area contributed by atoms with Crippen molar-refractivity contribution in [3.05, 3.63) is 63.6 Å². The molecule has 1 saturated heterocycles. The fraction of sp³-hybridized carbons (Fsp3) is 0.421. The summed E-state index contributed by atoms with van der Waals surface area (Å²) < 4.78 is 18.8. The lowest BCUT2D eigenvalue weighted by molar-refractivity contribution is -0.0230. The summed E-state index contributed by atoms with van der Waals surface area (Å²) in [5.41, 5.74) is 1.13. The first-order valence-corrected chi connectivity index (χ1v) is 8.69. The molecule has 1 N–H and O–H groups in total. The van der Waals surface area contributed by atoms with Crippen LogP contribution in [0.3, 0.4) is 0 Å². The number of amides is 1. The van der Waals surface area contributed by atoms with Crippen LogP contribution >= 0.6 is 0 Å². The molecule has 0 radical (unpaired) electrons. The van der Waals surface area contributed by atoms with E-state index in [1.807, 2.05) is 13.8 Å². The topological polar surface area (TPSA) is 75.3 Å². The lowest BCUT2D eigenvalue weighted by Crippen LogP contribution is -2.43. The summed E-state index contributed by atoms with van der Waals surface area (Å²) in [5, 5.41) is 0. The van der Waals surface area contributed by atoms with Gasteiger partial charge in [0, 0.05) is 12.2 Å². The monoisotopic (exact) mass is 359 g/mol. The molecule has 6 nitrogen and oxygen atoms in total. The Bertz CT molecular complexity index is 833. The van der Waals surface area contributed by atoms with Gasteiger partial charge < -0.3 is 14.6 Å². The fourth-order valence-electron chi connectivity index (χ4n) is 3.04. The highest BCUT2D eigenvalue weighted by Crippen LogP contribution is 2.23. The van der Waals surface area contributed by atoms with Gasteiger partial charge in [0.25, 0.3) is 5.91 Å². The second-order valence-corrected chi connectivity index (χ2v) is 6.86. The van der Waals surface area contributed by atoms with Gasteiger partial charge in [-0.3, -0.25) is 4.79 Å². The van der Waals surface area contributed by atoms with Crippen LogP contribution in [0.25, 0.3) is 0 Å². The average molecular weight is 359 g/mol. The van der Waals surface area contributed by atoms with Gasteiger partial charge in [-0.25, -0.2) is 9.18 Å². The van der Waals surface area contributed by atoms with Crippen molar-refractivity contribution in [2.45, 2.75) is 26.4 Å². The van der Waals surface area contributed by atoms with Crippen LogP contribution in [0, 0.1) is 11.7 Å². The fourth-order valence-corrected chi connectivity index (χ4v) is 3.04. The number of benzene rings is 1. The zero-order valence-corrected chi connectivity index (χ0v) is 14.9. The molecule has 0 bridgehead atoms. The molecule has 1 atom stereocenters. The van der Waals surface area contributed by atoms with E-state index in [4.69, 9.17) is 4.74 Å². The first-order chi connectivity index (χ1) is 12.4. The van der Waals surface area contributed by atoms with Crippen LogP contribution in [0.1, 0.15) is 41.7 Å². The number of hydrogen-bond donors (Lipinski definition) is 1. The molecule has 1 fully saturated rings. The first-order valence-electron chi connectivity index (χ1n) is 8.69. The quantitative estimate of drug-likeness (QED) is 0.909. The lowest BCUT2D eigenvalue weighted by atomic mass is 10.1. The van der Waals surface area contributed by atoms with Gasteiger partial charge in [-0.05, 0) is 36.1 Å². The lowest BCUT2D eigenvalue weighted by Gasteiger charge is -2.33. The SMILES string of the molecule is CC(C)Cc1cc(C(=O)N2CCOC(c3ccc(F)cc3)C2)nc(=O)[nH]1. The maximum atomic E-state index is 13.1. The Morgan fingerprint density at radius 2 is 2.12 bits per heavy atom. The van der Waals surface area contributed by atoms with E-state index in [-0.39, 0.29) is 23.5 Å². The summed E-state index contributed by atoms with van der Waals surface area (Å²) in [7, 11) is 0. The minimum atomic E-state index is -0.519. The molecular formula is C19H22FN3O3. The highest BCUT2D eigenvalue weighted by atomic mass is 19.1. The standard InChI is InChI=1S/C19H22FN3O3/c1-12(2)9-15-10-16(22-19(25)21-15)18(24)23-7-8-26-17(11-23)13-3-5-14(20)6-4-13/h3-6,10,12,17H,7-9,11H2,1-2H3,(H,21,22,25). The van der Waals surface area contributed by atoms with Crippen molar-refractivity contribution in [3.63, 3.8) is 0 Å². The molecule has 138 valence electrons. The van der Waals surface area contributed by atoms with E-state index >= 15 is 0 Å². The van der Waals surface area contributed by atoms with Gasteiger partial charge in [0.15, 0.2) is 0 Å². The third-order valence-electron chi connectivity index (χ3n) is 4.24. The third-order valence-corrected chi connectivity index (χ3v) is 4.24. The zero-order valence-electron chi connectivity index (χ0n) is 14.9. The van der Waals surface area contributed by atoms with E-state index in [9.17, 15) is 14.0 Å². The van der Waals surface area contributed by atoms with Crippen LogP contribution in [0.5, 0.6) is 0 Å². The van der Waals surface area contributed by atoms with Crippen molar-refractivity contribution in [3.8, 4) is 0 Å². The highest BCUT2D eigenvalue weighted by molar-refractivity contribution is 5.92. The van der Waals surface area contributed by atoms with E-state index in [1.54, 1.807) is 23.1 Å². The van der Waals surface area contributed by atoms with Crippen LogP contribution in [-0.4, -0.2) is 40.5 Å². The summed E-state index contributed by atoms with van der Waals surface area (Å²) in [6, 6.07) is 7.69. The third kappa shape index (κ3) is 4.35. The highest BCUT2D eigenvalue weighted by Gasteiger charge is 2.27. The number of rotatable bonds is 4. The van der Waals surface area contributed by atoms with Crippen LogP contribution in [0.4, 0.5) is 4.39 Å². The second-order valence-electron chi connectivity index (χ2n) is 6.86. The maximum Gasteiger partial charge on any atom is 0.345 e. The van der Waals surface area contributed by atoms with Crippen molar-refractivity contribution in [1.82, 2.24) is 14.9 Å². The van der Waals surface area contributed by atoms with Gasteiger partial charge in [0.1, 0.15) is 17.6 Å². The normalized spacial score (nSPS) is 17.5. The van der Waals surface area contributed by atoms with E-state index in [1.165, 1.54) is 12.1 Å². The summed E-state index contributed by atoms with van der Waals surface area (Å²) in [6.07, 6.45) is 0.338. The molecule has 1 aromatic carbocycles. The van der Waals surface area contributed by atoms with Crippen molar-refractivity contribution >= 4 is 5.91 Å². The first kappa shape index (κ1) is 18.3. The van der Waals surface area contributed by atoms with Crippen LogP contribution in [0.15, 0.2) is 35.1 Å². The second kappa shape index (κ2) is 7.78. The van der Waals surface area contributed by atoms with Gasteiger partial charge in [-0.2, -0.15) is 4.98 Å². The molecule has 1 aliphatic rings. The molecule has 1 amide bonds. The number of H-pyrrole nitrogens is 1. The van der Waals surface area contributed by atoms with E-state index in [2.05, 4.69) is 9.97 Å². The Morgan fingerprint density at radius 3 is 2.81 bits per heavy atom. The predicted molar refractivity (Wildman–Crippen MR) is 94.4 cm³/mol. The Hall–Kier alpha value is -2.54. The molecule has 1 aliphatic heterocycles. The Kier molecular flexibility index (Phi) is 5.46. The average Bonchev–Trinajstić information content (AvgIpc) is 2.61. The summed E-state index contributed by atoms with van der Waals surface area (Å²) in [4.78, 5) is 32.8. The zero-order chi connectivity index (χ0) is 18.7. The molecule has 3 rings (SSSR count).